The van der Waals surface area contributed by atoms with Crippen molar-refractivity contribution in [2.75, 3.05) is 12.0 Å². The summed E-state index contributed by atoms with van der Waals surface area (Å²) in [5.74, 6) is -0.942. The molecule has 1 N–H and O–H groups in total. The van der Waals surface area contributed by atoms with Gasteiger partial charge in [-0.15, -0.1) is 0 Å². The molecule has 2 heterocycles. The summed E-state index contributed by atoms with van der Waals surface area (Å²) in [6.07, 6.45) is 6.13. The largest absolute Gasteiger partial charge is 0.503 e. The van der Waals surface area contributed by atoms with E-state index < -0.39 is 26.9 Å². The molecule has 31 heavy (non-hydrogen) atoms. The van der Waals surface area contributed by atoms with E-state index >= 15 is 0 Å². The van der Waals surface area contributed by atoms with Crippen LogP contribution in [0.2, 0.25) is 0 Å². The van der Waals surface area contributed by atoms with E-state index in [2.05, 4.69) is 4.98 Å². The second-order valence-electron chi connectivity index (χ2n) is 7.77. The van der Waals surface area contributed by atoms with Gasteiger partial charge in [0.1, 0.15) is 9.84 Å². The lowest BCUT2D eigenvalue weighted by Gasteiger charge is -2.19. The van der Waals surface area contributed by atoms with Gasteiger partial charge in [0.25, 0.3) is 0 Å². The standard InChI is InChI=1S/C24H22N2O4S/c1-16(15-31(2,29)30)22-11-23(27)24(28)14-26(22)19-8-5-7-17(10-19)21-13-25-12-18-6-3-4-9-20(18)21/h3-14,16,28H,15H2,1-2H3. The molecule has 0 amide bonds. The van der Waals surface area contributed by atoms with Crippen molar-refractivity contribution in [1.29, 1.82) is 0 Å². The molecule has 1 atom stereocenters. The number of benzene rings is 2. The van der Waals surface area contributed by atoms with Gasteiger partial charge in [-0.3, -0.25) is 9.78 Å². The smallest absolute Gasteiger partial charge is 0.223 e. The third-order valence-corrected chi connectivity index (χ3v) is 6.33. The summed E-state index contributed by atoms with van der Waals surface area (Å²) in [6.45, 7) is 1.75. The van der Waals surface area contributed by atoms with Crippen molar-refractivity contribution in [1.82, 2.24) is 9.55 Å². The molecular weight excluding hydrogens is 412 g/mol. The lowest BCUT2D eigenvalue weighted by atomic mass is 10.0. The molecule has 2 aromatic heterocycles. The van der Waals surface area contributed by atoms with Crippen LogP contribution >= 0.6 is 0 Å². The van der Waals surface area contributed by atoms with Gasteiger partial charge in [-0.25, -0.2) is 8.42 Å². The number of nitrogens with zero attached hydrogens (tertiary/aromatic N) is 2. The molecular formula is C24H22N2O4S. The quantitative estimate of drug-likeness (QED) is 0.514. The molecule has 0 fully saturated rings. The van der Waals surface area contributed by atoms with Crippen molar-refractivity contribution in [3.8, 4) is 22.6 Å². The molecule has 0 spiro atoms. The first-order valence-electron chi connectivity index (χ1n) is 9.80. The van der Waals surface area contributed by atoms with Crippen LogP contribution in [0.15, 0.2) is 78.0 Å². The Morgan fingerprint density at radius 1 is 1.06 bits per heavy atom. The molecule has 0 radical (unpaired) electrons. The van der Waals surface area contributed by atoms with E-state index in [0.717, 1.165) is 21.9 Å². The minimum atomic E-state index is -3.26. The van der Waals surface area contributed by atoms with Gasteiger partial charge in [0, 0.05) is 53.0 Å². The Kier molecular flexibility index (Phi) is 5.37. The van der Waals surface area contributed by atoms with Gasteiger partial charge in [-0.1, -0.05) is 43.3 Å². The normalized spacial score (nSPS) is 12.7. The Hall–Kier alpha value is -3.45. The molecule has 1 unspecified atom stereocenters. The van der Waals surface area contributed by atoms with Gasteiger partial charge in [-0.05, 0) is 23.1 Å². The lowest BCUT2D eigenvalue weighted by Crippen LogP contribution is -2.18. The van der Waals surface area contributed by atoms with E-state index in [1.54, 1.807) is 17.7 Å². The fraction of sp³-hybridized carbons (Fsp3) is 0.167. The highest BCUT2D eigenvalue weighted by molar-refractivity contribution is 7.90. The summed E-state index contributed by atoms with van der Waals surface area (Å²) in [5.41, 5.74) is 2.55. The summed E-state index contributed by atoms with van der Waals surface area (Å²) < 4.78 is 25.3. The Balaban J connectivity index is 1.88. The van der Waals surface area contributed by atoms with Crippen LogP contribution in [0.3, 0.4) is 0 Å². The van der Waals surface area contributed by atoms with Crippen molar-refractivity contribution in [2.24, 2.45) is 0 Å². The van der Waals surface area contributed by atoms with Crippen LogP contribution in [0.1, 0.15) is 18.5 Å². The summed E-state index contributed by atoms with van der Waals surface area (Å²) in [6, 6.07) is 16.9. The topological polar surface area (TPSA) is 89.3 Å². The maximum absolute atomic E-state index is 12.1. The second-order valence-corrected chi connectivity index (χ2v) is 9.95. The zero-order chi connectivity index (χ0) is 22.2. The zero-order valence-corrected chi connectivity index (χ0v) is 18.0. The Morgan fingerprint density at radius 3 is 2.61 bits per heavy atom. The number of fused-ring (bicyclic) bond motifs is 1. The average molecular weight is 435 g/mol. The van der Waals surface area contributed by atoms with Crippen molar-refractivity contribution in [2.45, 2.75) is 12.8 Å². The predicted octanol–water partition coefficient (Wildman–Crippen LogP) is 3.91. The van der Waals surface area contributed by atoms with Crippen molar-refractivity contribution in [3.63, 3.8) is 0 Å². The van der Waals surface area contributed by atoms with Crippen LogP contribution in [0.25, 0.3) is 27.6 Å². The van der Waals surface area contributed by atoms with Gasteiger partial charge in [0.15, 0.2) is 5.75 Å². The Labute approximate surface area is 180 Å². The fourth-order valence-electron chi connectivity index (χ4n) is 3.85. The molecule has 7 heteroatoms. The third kappa shape index (κ3) is 4.36. The molecule has 0 aliphatic heterocycles. The molecule has 2 aromatic carbocycles. The van der Waals surface area contributed by atoms with Crippen molar-refractivity contribution < 1.29 is 13.5 Å². The van der Waals surface area contributed by atoms with Gasteiger partial charge >= 0.3 is 0 Å². The fourth-order valence-corrected chi connectivity index (χ4v) is 4.93. The van der Waals surface area contributed by atoms with E-state index in [0.29, 0.717) is 11.4 Å². The molecule has 0 bridgehead atoms. The number of aromatic hydroxyl groups is 1. The van der Waals surface area contributed by atoms with Gasteiger partial charge < -0.3 is 9.67 Å². The first-order chi connectivity index (χ1) is 14.7. The number of rotatable bonds is 5. The molecule has 0 saturated heterocycles. The Bertz CT molecular complexity index is 1440. The molecule has 158 valence electrons. The maximum Gasteiger partial charge on any atom is 0.223 e. The highest BCUT2D eigenvalue weighted by Gasteiger charge is 2.18. The maximum atomic E-state index is 12.1. The van der Waals surface area contributed by atoms with E-state index in [1.165, 1.54) is 18.5 Å². The van der Waals surface area contributed by atoms with Crippen LogP contribution in [0.5, 0.6) is 5.75 Å². The van der Waals surface area contributed by atoms with E-state index in [9.17, 15) is 18.3 Å². The summed E-state index contributed by atoms with van der Waals surface area (Å²) in [5, 5.41) is 12.1. The van der Waals surface area contributed by atoms with Gasteiger partial charge in [0.05, 0.1) is 11.9 Å². The second kappa shape index (κ2) is 8.00. The van der Waals surface area contributed by atoms with Crippen LogP contribution in [-0.4, -0.2) is 35.1 Å². The highest BCUT2D eigenvalue weighted by atomic mass is 32.2. The minimum absolute atomic E-state index is 0.107. The first kappa shape index (κ1) is 20.8. The van der Waals surface area contributed by atoms with Gasteiger partial charge in [0.2, 0.25) is 5.43 Å². The third-order valence-electron chi connectivity index (χ3n) is 5.22. The number of sulfone groups is 1. The van der Waals surface area contributed by atoms with Crippen LogP contribution < -0.4 is 5.43 Å². The van der Waals surface area contributed by atoms with Crippen molar-refractivity contribution >= 4 is 20.6 Å². The summed E-state index contributed by atoms with van der Waals surface area (Å²) in [4.78, 5) is 16.5. The SMILES string of the molecule is CC(CS(C)(=O)=O)c1cc(=O)c(O)cn1-c1cccc(-c2cncc3ccccc23)c1. The van der Waals surface area contributed by atoms with Crippen LogP contribution in [0, 0.1) is 0 Å². The van der Waals surface area contributed by atoms with Crippen LogP contribution in [-0.2, 0) is 9.84 Å². The Morgan fingerprint density at radius 2 is 1.84 bits per heavy atom. The molecule has 0 aliphatic carbocycles. The van der Waals surface area contributed by atoms with E-state index in [1.807, 2.05) is 54.7 Å². The van der Waals surface area contributed by atoms with E-state index in [-0.39, 0.29) is 5.75 Å². The number of pyridine rings is 2. The number of aromatic nitrogens is 2. The summed E-state index contributed by atoms with van der Waals surface area (Å²) in [7, 11) is -3.26. The molecule has 0 saturated carbocycles. The molecule has 4 aromatic rings. The summed E-state index contributed by atoms with van der Waals surface area (Å²) >= 11 is 0. The zero-order valence-electron chi connectivity index (χ0n) is 17.2. The van der Waals surface area contributed by atoms with Crippen molar-refractivity contribution in [3.05, 3.63) is 89.1 Å². The number of hydrogen-bond donors (Lipinski definition) is 1. The molecule has 4 rings (SSSR count). The minimum Gasteiger partial charge on any atom is -0.503 e. The van der Waals surface area contributed by atoms with Crippen LogP contribution in [0.4, 0.5) is 0 Å². The monoisotopic (exact) mass is 434 g/mol. The predicted molar refractivity (Wildman–Crippen MR) is 123 cm³/mol. The molecule has 0 aliphatic rings. The highest BCUT2D eigenvalue weighted by Crippen LogP contribution is 2.30. The average Bonchev–Trinajstić information content (AvgIpc) is 2.74. The van der Waals surface area contributed by atoms with Gasteiger partial charge in [-0.2, -0.15) is 0 Å². The lowest BCUT2D eigenvalue weighted by molar-refractivity contribution is 0.464. The van der Waals surface area contributed by atoms with E-state index in [4.69, 9.17) is 0 Å². The number of hydrogen-bond acceptors (Lipinski definition) is 5. The first-order valence-corrected chi connectivity index (χ1v) is 11.9. The molecule has 6 nitrogen and oxygen atoms in total.